The maximum Gasteiger partial charge on any atom is 0.183 e. The Balaban J connectivity index is 2.33. The molecule has 2 heterocycles. The van der Waals surface area contributed by atoms with Crippen LogP contribution in [0, 0.1) is 21.9 Å². The molecule has 0 atom stereocenters. The van der Waals surface area contributed by atoms with Crippen LogP contribution in [-0.2, 0) is 0 Å². The number of imidazole rings is 1. The first-order chi connectivity index (χ1) is 9.60. The first kappa shape index (κ1) is 13.0. The molecule has 0 spiro atoms. The molecule has 0 aliphatic rings. The van der Waals surface area contributed by atoms with Crippen molar-refractivity contribution in [1.29, 1.82) is 5.26 Å². The van der Waals surface area contributed by atoms with Crippen LogP contribution in [0.1, 0.15) is 5.56 Å². The number of rotatable bonds is 1. The van der Waals surface area contributed by atoms with E-state index in [1.165, 1.54) is 12.1 Å². The summed E-state index contributed by atoms with van der Waals surface area (Å²) in [5.74, 6) is -0.557. The minimum absolute atomic E-state index is 0.0316. The van der Waals surface area contributed by atoms with Gasteiger partial charge in [-0.15, -0.1) is 0 Å². The second-order valence-corrected chi connectivity index (χ2v) is 5.37. The second-order valence-electron chi connectivity index (χ2n) is 4.07. The van der Waals surface area contributed by atoms with Gasteiger partial charge >= 0.3 is 0 Å². The van der Waals surface area contributed by atoms with Crippen LogP contribution >= 0.6 is 28.1 Å². The van der Waals surface area contributed by atoms with E-state index in [0.29, 0.717) is 16.1 Å². The van der Waals surface area contributed by atoms with Gasteiger partial charge in [-0.05, 0) is 52.4 Å². The number of nitriles is 1. The van der Waals surface area contributed by atoms with Crippen LogP contribution in [-0.4, -0.2) is 14.5 Å². The van der Waals surface area contributed by atoms with Crippen molar-refractivity contribution in [2.75, 3.05) is 0 Å². The van der Waals surface area contributed by atoms with Crippen molar-refractivity contribution < 1.29 is 4.39 Å². The zero-order chi connectivity index (χ0) is 14.3. The highest BCUT2D eigenvalue weighted by atomic mass is 79.9. The summed E-state index contributed by atoms with van der Waals surface area (Å²) in [5.41, 5.74) is 1.94. The molecule has 1 aromatic carbocycles. The smallest absolute Gasteiger partial charge is 0.183 e. The topological polar surface area (TPSA) is 57.4 Å². The summed E-state index contributed by atoms with van der Waals surface area (Å²) < 4.78 is 16.3. The standard InChI is InChI=1S/C13H6BrFN4S/c14-8-4-11-12(17-6-8)19(13(20)18-11)9-1-2-10(15)7(3-9)5-16/h1-4,6H,(H,18,20). The van der Waals surface area contributed by atoms with E-state index in [2.05, 4.69) is 25.9 Å². The summed E-state index contributed by atoms with van der Waals surface area (Å²) in [6.45, 7) is 0. The van der Waals surface area contributed by atoms with E-state index in [0.717, 1.165) is 9.99 Å². The number of nitrogens with one attached hydrogen (secondary N) is 1. The van der Waals surface area contributed by atoms with Crippen LogP contribution in [0.25, 0.3) is 16.9 Å². The SMILES string of the molecule is N#Cc1cc(-n2c(=S)[nH]c3cc(Br)cnc32)ccc1F. The Hall–Kier alpha value is -2.04. The van der Waals surface area contributed by atoms with Gasteiger partial charge in [0.25, 0.3) is 0 Å². The van der Waals surface area contributed by atoms with E-state index in [1.54, 1.807) is 16.8 Å². The molecule has 0 saturated heterocycles. The summed E-state index contributed by atoms with van der Waals surface area (Å²) in [5, 5.41) is 8.90. The average Bonchev–Trinajstić information content (AvgIpc) is 2.74. The van der Waals surface area contributed by atoms with Gasteiger partial charge in [-0.3, -0.25) is 4.57 Å². The quantitative estimate of drug-likeness (QED) is 0.679. The predicted molar refractivity (Wildman–Crippen MR) is 78.6 cm³/mol. The van der Waals surface area contributed by atoms with Crippen molar-refractivity contribution in [3.63, 3.8) is 0 Å². The monoisotopic (exact) mass is 348 g/mol. The molecular formula is C13H6BrFN4S. The van der Waals surface area contributed by atoms with Gasteiger partial charge in [0.1, 0.15) is 11.9 Å². The fourth-order valence-corrected chi connectivity index (χ4v) is 2.58. The number of fused-ring (bicyclic) bond motifs is 1. The van der Waals surface area contributed by atoms with Crippen molar-refractivity contribution >= 4 is 39.3 Å². The molecule has 0 amide bonds. The van der Waals surface area contributed by atoms with Crippen molar-refractivity contribution in [3.8, 4) is 11.8 Å². The lowest BCUT2D eigenvalue weighted by atomic mass is 10.2. The Morgan fingerprint density at radius 3 is 2.95 bits per heavy atom. The number of H-pyrrole nitrogens is 1. The van der Waals surface area contributed by atoms with E-state index < -0.39 is 5.82 Å². The third-order valence-corrected chi connectivity index (χ3v) is 3.54. The Morgan fingerprint density at radius 2 is 2.20 bits per heavy atom. The molecule has 20 heavy (non-hydrogen) atoms. The maximum absolute atomic E-state index is 13.4. The van der Waals surface area contributed by atoms with E-state index >= 15 is 0 Å². The summed E-state index contributed by atoms with van der Waals surface area (Å²) in [4.78, 5) is 7.32. The van der Waals surface area contributed by atoms with Gasteiger partial charge in [-0.2, -0.15) is 5.26 Å². The number of aromatic amines is 1. The van der Waals surface area contributed by atoms with Crippen LogP contribution < -0.4 is 0 Å². The van der Waals surface area contributed by atoms with Gasteiger partial charge in [0.15, 0.2) is 10.4 Å². The number of nitrogens with zero attached hydrogens (tertiary/aromatic N) is 3. The fraction of sp³-hybridized carbons (Fsp3) is 0. The van der Waals surface area contributed by atoms with Crippen molar-refractivity contribution in [3.05, 3.63) is 51.1 Å². The molecular weight excluding hydrogens is 343 g/mol. The molecule has 0 aliphatic carbocycles. The first-order valence-corrected chi connectivity index (χ1v) is 6.76. The van der Waals surface area contributed by atoms with Crippen molar-refractivity contribution in [1.82, 2.24) is 14.5 Å². The van der Waals surface area contributed by atoms with Gasteiger partial charge in [0.05, 0.1) is 16.8 Å². The number of hydrogen-bond acceptors (Lipinski definition) is 3. The molecule has 0 fully saturated rings. The molecule has 3 rings (SSSR count). The molecule has 2 aromatic heterocycles. The highest BCUT2D eigenvalue weighted by molar-refractivity contribution is 9.10. The molecule has 0 aliphatic heterocycles. The first-order valence-electron chi connectivity index (χ1n) is 5.56. The van der Waals surface area contributed by atoms with Gasteiger partial charge in [0, 0.05) is 10.7 Å². The summed E-state index contributed by atoms with van der Waals surface area (Å²) >= 11 is 8.60. The second kappa shape index (κ2) is 4.81. The summed E-state index contributed by atoms with van der Waals surface area (Å²) in [7, 11) is 0. The zero-order valence-corrected chi connectivity index (χ0v) is 12.3. The van der Waals surface area contributed by atoms with E-state index in [4.69, 9.17) is 17.5 Å². The lowest BCUT2D eigenvalue weighted by Gasteiger charge is -2.04. The summed E-state index contributed by atoms with van der Waals surface area (Å²) in [6, 6.07) is 7.91. The maximum atomic E-state index is 13.4. The Bertz CT molecular complexity index is 922. The molecule has 0 radical (unpaired) electrons. The van der Waals surface area contributed by atoms with Crippen LogP contribution in [0.15, 0.2) is 34.9 Å². The summed E-state index contributed by atoms with van der Waals surface area (Å²) in [6.07, 6.45) is 1.65. The van der Waals surface area contributed by atoms with Gasteiger partial charge in [-0.25, -0.2) is 9.37 Å². The molecule has 1 N–H and O–H groups in total. The van der Waals surface area contributed by atoms with Gasteiger partial charge in [-0.1, -0.05) is 0 Å². The van der Waals surface area contributed by atoms with E-state index in [1.807, 2.05) is 12.1 Å². The lowest BCUT2D eigenvalue weighted by molar-refractivity contribution is 0.623. The predicted octanol–water partition coefficient (Wildman–Crippen LogP) is 3.86. The lowest BCUT2D eigenvalue weighted by Crippen LogP contribution is -1.97. The van der Waals surface area contributed by atoms with E-state index in [9.17, 15) is 4.39 Å². The van der Waals surface area contributed by atoms with Crippen molar-refractivity contribution in [2.24, 2.45) is 0 Å². The van der Waals surface area contributed by atoms with Crippen LogP contribution in [0.5, 0.6) is 0 Å². The van der Waals surface area contributed by atoms with Gasteiger partial charge < -0.3 is 4.98 Å². The Morgan fingerprint density at radius 1 is 1.40 bits per heavy atom. The number of aromatic nitrogens is 3. The number of hydrogen-bond donors (Lipinski definition) is 1. The highest BCUT2D eigenvalue weighted by Crippen LogP contribution is 2.22. The molecule has 0 unspecified atom stereocenters. The number of benzene rings is 1. The highest BCUT2D eigenvalue weighted by Gasteiger charge is 2.10. The van der Waals surface area contributed by atoms with Crippen molar-refractivity contribution in [2.45, 2.75) is 0 Å². The van der Waals surface area contributed by atoms with Gasteiger partial charge in [0.2, 0.25) is 0 Å². The zero-order valence-electron chi connectivity index (χ0n) is 9.89. The molecule has 4 nitrogen and oxygen atoms in total. The molecule has 7 heteroatoms. The molecule has 0 bridgehead atoms. The van der Waals surface area contributed by atoms with Crippen LogP contribution in [0.2, 0.25) is 0 Å². The van der Waals surface area contributed by atoms with E-state index in [-0.39, 0.29) is 5.56 Å². The third-order valence-electron chi connectivity index (χ3n) is 2.82. The number of halogens is 2. The third kappa shape index (κ3) is 2.03. The largest absolute Gasteiger partial charge is 0.329 e. The minimum Gasteiger partial charge on any atom is -0.329 e. The van der Waals surface area contributed by atoms with Crippen LogP contribution in [0.4, 0.5) is 4.39 Å². The molecule has 0 saturated carbocycles. The minimum atomic E-state index is -0.557. The fourth-order valence-electron chi connectivity index (χ4n) is 1.95. The Labute approximate surface area is 126 Å². The molecule has 3 aromatic rings. The van der Waals surface area contributed by atoms with Crippen LogP contribution in [0.3, 0.4) is 0 Å². The Kier molecular flexibility index (Phi) is 3.12. The number of pyridine rings is 1. The molecule has 98 valence electrons. The average molecular weight is 349 g/mol. The normalized spacial score (nSPS) is 10.7.